The van der Waals surface area contributed by atoms with Crippen molar-refractivity contribution in [3.8, 4) is 0 Å². The molecule has 0 aliphatic heterocycles. The molecular formula is C15H23NO2. The summed E-state index contributed by atoms with van der Waals surface area (Å²) < 4.78 is 0. The number of rotatable bonds is 7. The molecule has 0 aliphatic rings. The van der Waals surface area contributed by atoms with Gasteiger partial charge in [0.05, 0.1) is 0 Å². The molecule has 0 fully saturated rings. The fourth-order valence-electron chi connectivity index (χ4n) is 2.00. The molecule has 1 aromatic carbocycles. The highest BCUT2D eigenvalue weighted by Gasteiger charge is 2.05. The van der Waals surface area contributed by atoms with E-state index in [1.165, 1.54) is 0 Å². The summed E-state index contributed by atoms with van der Waals surface area (Å²) in [7, 11) is 0. The molecule has 3 heteroatoms. The average Bonchev–Trinajstić information content (AvgIpc) is 2.32. The Hall–Kier alpha value is -1.35. The van der Waals surface area contributed by atoms with Crippen LogP contribution in [-0.4, -0.2) is 24.2 Å². The summed E-state index contributed by atoms with van der Waals surface area (Å²) in [4.78, 5) is 11.9. The average molecular weight is 249 g/mol. The number of benzene rings is 1. The van der Waals surface area contributed by atoms with Crippen LogP contribution in [0.1, 0.15) is 47.2 Å². The zero-order chi connectivity index (χ0) is 13.4. The lowest BCUT2D eigenvalue weighted by Crippen LogP contribution is -2.24. The summed E-state index contributed by atoms with van der Waals surface area (Å²) in [6, 6.07) is 5.88. The van der Waals surface area contributed by atoms with Gasteiger partial charge in [0.1, 0.15) is 0 Å². The van der Waals surface area contributed by atoms with Gasteiger partial charge in [0.2, 0.25) is 0 Å². The van der Waals surface area contributed by atoms with Crippen LogP contribution in [0.5, 0.6) is 0 Å². The van der Waals surface area contributed by atoms with Gasteiger partial charge in [0, 0.05) is 18.7 Å². The molecule has 0 saturated heterocycles. The van der Waals surface area contributed by atoms with Crippen LogP contribution in [0, 0.1) is 13.8 Å². The topological polar surface area (TPSA) is 49.3 Å². The summed E-state index contributed by atoms with van der Waals surface area (Å²) in [6.45, 7) is 4.96. The second kappa shape index (κ2) is 7.88. The Morgan fingerprint density at radius 3 is 2.28 bits per heavy atom. The van der Waals surface area contributed by atoms with Gasteiger partial charge in [-0.05, 0) is 38.8 Å². The first-order valence-electron chi connectivity index (χ1n) is 6.61. The van der Waals surface area contributed by atoms with Crippen LogP contribution in [0.25, 0.3) is 0 Å². The predicted molar refractivity (Wildman–Crippen MR) is 73.8 cm³/mol. The number of amides is 1. The molecule has 3 nitrogen and oxygen atoms in total. The minimum Gasteiger partial charge on any atom is -0.396 e. The summed E-state index contributed by atoms with van der Waals surface area (Å²) in [5.41, 5.74) is 2.97. The summed E-state index contributed by atoms with van der Waals surface area (Å²) >= 11 is 0. The van der Waals surface area contributed by atoms with Gasteiger partial charge in [-0.1, -0.05) is 30.0 Å². The van der Waals surface area contributed by atoms with E-state index >= 15 is 0 Å². The Morgan fingerprint density at radius 1 is 1.06 bits per heavy atom. The minimum absolute atomic E-state index is 0.00366. The van der Waals surface area contributed by atoms with Crippen LogP contribution < -0.4 is 5.32 Å². The Balaban J connectivity index is 2.32. The van der Waals surface area contributed by atoms with E-state index < -0.39 is 0 Å². The molecule has 0 bridgehead atoms. The number of aliphatic hydroxyl groups is 1. The van der Waals surface area contributed by atoms with Crippen LogP contribution in [0.15, 0.2) is 18.2 Å². The van der Waals surface area contributed by atoms with Crippen molar-refractivity contribution in [1.29, 1.82) is 0 Å². The van der Waals surface area contributed by atoms with Crippen molar-refractivity contribution in [2.75, 3.05) is 13.2 Å². The van der Waals surface area contributed by atoms with Crippen molar-refractivity contribution >= 4 is 5.91 Å². The molecule has 0 unspecified atom stereocenters. The Bertz CT molecular complexity index is 368. The molecular weight excluding hydrogens is 226 g/mol. The van der Waals surface area contributed by atoms with E-state index in [4.69, 9.17) is 5.11 Å². The van der Waals surface area contributed by atoms with Gasteiger partial charge in [-0.2, -0.15) is 0 Å². The third kappa shape index (κ3) is 5.32. The summed E-state index contributed by atoms with van der Waals surface area (Å²) in [5, 5.41) is 11.6. The van der Waals surface area contributed by atoms with Crippen LogP contribution >= 0.6 is 0 Å². The molecule has 2 N–H and O–H groups in total. The molecule has 1 aromatic rings. The van der Waals surface area contributed by atoms with Gasteiger partial charge in [0.25, 0.3) is 5.91 Å². The van der Waals surface area contributed by atoms with Crippen LogP contribution in [0.2, 0.25) is 0 Å². The van der Waals surface area contributed by atoms with E-state index in [0.29, 0.717) is 6.54 Å². The van der Waals surface area contributed by atoms with Crippen LogP contribution in [0.3, 0.4) is 0 Å². The molecule has 0 aliphatic carbocycles. The number of unbranched alkanes of at least 4 members (excludes halogenated alkanes) is 3. The third-order valence-electron chi connectivity index (χ3n) is 2.85. The smallest absolute Gasteiger partial charge is 0.251 e. The first-order valence-corrected chi connectivity index (χ1v) is 6.61. The molecule has 0 atom stereocenters. The van der Waals surface area contributed by atoms with E-state index in [1.807, 2.05) is 26.0 Å². The van der Waals surface area contributed by atoms with E-state index in [-0.39, 0.29) is 12.5 Å². The van der Waals surface area contributed by atoms with E-state index in [1.54, 1.807) is 0 Å². The first kappa shape index (κ1) is 14.7. The molecule has 0 spiro atoms. The quantitative estimate of drug-likeness (QED) is 0.730. The lowest BCUT2D eigenvalue weighted by Gasteiger charge is -2.07. The Kier molecular flexibility index (Phi) is 6.44. The van der Waals surface area contributed by atoms with Crippen molar-refractivity contribution in [3.05, 3.63) is 34.9 Å². The minimum atomic E-state index is 0.00366. The molecule has 0 aromatic heterocycles. The van der Waals surface area contributed by atoms with Gasteiger partial charge >= 0.3 is 0 Å². The number of aryl methyl sites for hydroxylation is 2. The van der Waals surface area contributed by atoms with Crippen LogP contribution in [-0.2, 0) is 0 Å². The molecule has 1 rings (SSSR count). The van der Waals surface area contributed by atoms with Crippen LogP contribution in [0.4, 0.5) is 0 Å². The van der Waals surface area contributed by atoms with Crippen molar-refractivity contribution in [1.82, 2.24) is 5.32 Å². The third-order valence-corrected chi connectivity index (χ3v) is 2.85. The summed E-state index contributed by atoms with van der Waals surface area (Å²) in [5.74, 6) is 0.00366. The normalized spacial score (nSPS) is 10.4. The van der Waals surface area contributed by atoms with E-state index in [0.717, 1.165) is 42.4 Å². The molecule has 0 heterocycles. The van der Waals surface area contributed by atoms with Gasteiger partial charge in [-0.25, -0.2) is 0 Å². The standard InChI is InChI=1S/C15H23NO2/c1-12-9-13(2)11-14(10-12)15(18)16-7-5-3-4-6-8-17/h9-11,17H,3-8H2,1-2H3,(H,16,18). The Labute approximate surface area is 109 Å². The van der Waals surface area contributed by atoms with Crippen molar-refractivity contribution in [3.63, 3.8) is 0 Å². The largest absolute Gasteiger partial charge is 0.396 e. The number of nitrogens with one attached hydrogen (secondary N) is 1. The van der Waals surface area contributed by atoms with Gasteiger partial charge < -0.3 is 10.4 Å². The lowest BCUT2D eigenvalue weighted by atomic mass is 10.1. The van der Waals surface area contributed by atoms with E-state index in [2.05, 4.69) is 11.4 Å². The number of carbonyl (C=O) groups is 1. The number of hydrogen-bond donors (Lipinski definition) is 2. The highest BCUT2D eigenvalue weighted by molar-refractivity contribution is 5.94. The van der Waals surface area contributed by atoms with Gasteiger partial charge in [0.15, 0.2) is 0 Å². The number of hydrogen-bond acceptors (Lipinski definition) is 2. The van der Waals surface area contributed by atoms with Gasteiger partial charge in [-0.15, -0.1) is 0 Å². The zero-order valence-electron chi connectivity index (χ0n) is 11.3. The molecule has 0 saturated carbocycles. The predicted octanol–water partition coefficient (Wildman–Crippen LogP) is 2.59. The number of carbonyl (C=O) groups excluding carboxylic acids is 1. The van der Waals surface area contributed by atoms with Crippen molar-refractivity contribution < 1.29 is 9.90 Å². The van der Waals surface area contributed by atoms with Gasteiger partial charge in [-0.3, -0.25) is 4.79 Å². The fourth-order valence-corrected chi connectivity index (χ4v) is 2.00. The highest BCUT2D eigenvalue weighted by atomic mass is 16.2. The highest BCUT2D eigenvalue weighted by Crippen LogP contribution is 2.08. The van der Waals surface area contributed by atoms with Crippen molar-refractivity contribution in [2.45, 2.75) is 39.5 Å². The molecule has 0 radical (unpaired) electrons. The second-order valence-electron chi connectivity index (χ2n) is 4.77. The molecule has 100 valence electrons. The lowest BCUT2D eigenvalue weighted by molar-refractivity contribution is 0.0952. The SMILES string of the molecule is Cc1cc(C)cc(C(=O)NCCCCCCO)c1. The number of aliphatic hydroxyl groups excluding tert-OH is 1. The maximum absolute atomic E-state index is 11.9. The monoisotopic (exact) mass is 249 g/mol. The summed E-state index contributed by atoms with van der Waals surface area (Å²) in [6.07, 6.45) is 3.89. The maximum Gasteiger partial charge on any atom is 0.251 e. The fraction of sp³-hybridized carbons (Fsp3) is 0.533. The second-order valence-corrected chi connectivity index (χ2v) is 4.77. The maximum atomic E-state index is 11.9. The molecule has 1 amide bonds. The van der Waals surface area contributed by atoms with Crippen molar-refractivity contribution in [2.24, 2.45) is 0 Å². The van der Waals surface area contributed by atoms with E-state index in [9.17, 15) is 4.79 Å². The zero-order valence-corrected chi connectivity index (χ0v) is 11.3. The Morgan fingerprint density at radius 2 is 1.67 bits per heavy atom. The molecule has 18 heavy (non-hydrogen) atoms. The first-order chi connectivity index (χ1) is 8.63.